The van der Waals surface area contributed by atoms with E-state index in [0.29, 0.717) is 25.4 Å². The summed E-state index contributed by atoms with van der Waals surface area (Å²) in [6, 6.07) is 21.7. The molecule has 0 saturated carbocycles. The SMILES string of the molecule is Oc1ccc(C(O)CNCCc2ccc(O)c(OCc3ccccc3)c2)cc1. The number of ether oxygens (including phenoxy) is 1. The third kappa shape index (κ3) is 5.74. The molecule has 3 aromatic carbocycles. The molecule has 0 aliphatic carbocycles. The van der Waals surface area contributed by atoms with Crippen LogP contribution in [0.4, 0.5) is 0 Å². The minimum Gasteiger partial charge on any atom is -0.508 e. The molecule has 0 saturated heterocycles. The van der Waals surface area contributed by atoms with Gasteiger partial charge in [-0.25, -0.2) is 0 Å². The van der Waals surface area contributed by atoms with Crippen LogP contribution >= 0.6 is 0 Å². The number of hydrogen-bond acceptors (Lipinski definition) is 5. The summed E-state index contributed by atoms with van der Waals surface area (Å²) in [7, 11) is 0. The van der Waals surface area contributed by atoms with Gasteiger partial charge in [-0.3, -0.25) is 0 Å². The van der Waals surface area contributed by atoms with Gasteiger partial charge in [0.15, 0.2) is 11.5 Å². The second-order valence-electron chi connectivity index (χ2n) is 6.64. The Morgan fingerprint density at radius 2 is 1.61 bits per heavy atom. The molecule has 146 valence electrons. The van der Waals surface area contributed by atoms with Crippen LogP contribution in [0.2, 0.25) is 0 Å². The fourth-order valence-corrected chi connectivity index (χ4v) is 2.85. The van der Waals surface area contributed by atoms with Gasteiger partial charge in [-0.05, 0) is 53.9 Å². The van der Waals surface area contributed by atoms with Crippen LogP contribution < -0.4 is 10.1 Å². The number of rotatable bonds is 9. The Balaban J connectivity index is 1.47. The van der Waals surface area contributed by atoms with Gasteiger partial charge < -0.3 is 25.4 Å². The minimum absolute atomic E-state index is 0.121. The Kier molecular flexibility index (Phi) is 6.89. The van der Waals surface area contributed by atoms with Crippen molar-refractivity contribution in [1.82, 2.24) is 5.32 Å². The van der Waals surface area contributed by atoms with Gasteiger partial charge in [0.25, 0.3) is 0 Å². The fraction of sp³-hybridized carbons (Fsp3) is 0.217. The Hall–Kier alpha value is -3.02. The van der Waals surface area contributed by atoms with Gasteiger partial charge in [0.05, 0.1) is 6.10 Å². The molecule has 0 aromatic heterocycles. The van der Waals surface area contributed by atoms with Gasteiger partial charge >= 0.3 is 0 Å². The van der Waals surface area contributed by atoms with E-state index in [1.54, 1.807) is 30.3 Å². The molecule has 0 radical (unpaired) electrons. The van der Waals surface area contributed by atoms with Crippen LogP contribution in [0.5, 0.6) is 17.2 Å². The summed E-state index contributed by atoms with van der Waals surface area (Å²) in [6.45, 7) is 1.49. The van der Waals surface area contributed by atoms with Gasteiger partial charge in [0.2, 0.25) is 0 Å². The minimum atomic E-state index is -0.634. The number of aliphatic hydroxyl groups excluding tert-OH is 1. The molecule has 5 nitrogen and oxygen atoms in total. The van der Waals surface area contributed by atoms with Crippen molar-refractivity contribution in [3.05, 3.63) is 89.5 Å². The van der Waals surface area contributed by atoms with Crippen LogP contribution in [0, 0.1) is 0 Å². The Morgan fingerprint density at radius 3 is 2.36 bits per heavy atom. The van der Waals surface area contributed by atoms with E-state index < -0.39 is 6.10 Å². The molecule has 0 heterocycles. The van der Waals surface area contributed by atoms with Crippen molar-refractivity contribution in [1.29, 1.82) is 0 Å². The van der Waals surface area contributed by atoms with Gasteiger partial charge in [-0.1, -0.05) is 48.5 Å². The molecule has 0 spiro atoms. The van der Waals surface area contributed by atoms with Crippen molar-refractivity contribution >= 4 is 0 Å². The third-order valence-corrected chi connectivity index (χ3v) is 4.47. The van der Waals surface area contributed by atoms with Gasteiger partial charge in [-0.15, -0.1) is 0 Å². The van der Waals surface area contributed by atoms with Crippen LogP contribution in [0.1, 0.15) is 22.8 Å². The molecule has 0 aliphatic rings. The second kappa shape index (κ2) is 9.78. The summed E-state index contributed by atoms with van der Waals surface area (Å²) >= 11 is 0. The van der Waals surface area contributed by atoms with Crippen LogP contribution in [-0.4, -0.2) is 28.4 Å². The Labute approximate surface area is 164 Å². The normalized spacial score (nSPS) is 11.9. The first-order chi connectivity index (χ1) is 13.6. The molecule has 3 rings (SSSR count). The maximum absolute atomic E-state index is 10.2. The van der Waals surface area contributed by atoms with Crippen molar-refractivity contribution in [3.63, 3.8) is 0 Å². The van der Waals surface area contributed by atoms with E-state index in [1.165, 1.54) is 0 Å². The monoisotopic (exact) mass is 379 g/mol. The lowest BCUT2D eigenvalue weighted by Gasteiger charge is -2.13. The molecular weight excluding hydrogens is 354 g/mol. The predicted molar refractivity (Wildman–Crippen MR) is 109 cm³/mol. The van der Waals surface area contributed by atoms with Crippen LogP contribution in [0.15, 0.2) is 72.8 Å². The predicted octanol–water partition coefficient (Wildman–Crippen LogP) is 3.54. The molecule has 4 N–H and O–H groups in total. The van der Waals surface area contributed by atoms with Gasteiger partial charge in [0.1, 0.15) is 12.4 Å². The number of aliphatic hydroxyl groups is 1. The zero-order chi connectivity index (χ0) is 19.8. The standard InChI is InChI=1S/C23H25NO4/c25-20-9-7-19(8-10-20)22(27)15-24-13-12-17-6-11-21(26)23(14-17)28-16-18-4-2-1-3-5-18/h1-11,14,22,24-27H,12-13,15-16H2. The van der Waals surface area contributed by atoms with E-state index in [9.17, 15) is 15.3 Å². The molecule has 5 heteroatoms. The smallest absolute Gasteiger partial charge is 0.161 e. The van der Waals surface area contributed by atoms with Crippen molar-refractivity contribution in [3.8, 4) is 17.2 Å². The second-order valence-corrected chi connectivity index (χ2v) is 6.64. The molecule has 1 atom stereocenters. The highest BCUT2D eigenvalue weighted by molar-refractivity contribution is 5.42. The summed E-state index contributed by atoms with van der Waals surface area (Å²) in [5.41, 5.74) is 2.83. The van der Waals surface area contributed by atoms with Crippen molar-refractivity contribution < 1.29 is 20.1 Å². The molecule has 1 unspecified atom stereocenters. The highest BCUT2D eigenvalue weighted by Crippen LogP contribution is 2.28. The van der Waals surface area contributed by atoms with Crippen molar-refractivity contribution in [2.45, 2.75) is 19.1 Å². The quantitative estimate of drug-likeness (QED) is 0.428. The van der Waals surface area contributed by atoms with Crippen molar-refractivity contribution in [2.24, 2.45) is 0 Å². The first kappa shape index (κ1) is 19.7. The summed E-state index contributed by atoms with van der Waals surface area (Å²) in [4.78, 5) is 0. The summed E-state index contributed by atoms with van der Waals surface area (Å²) in [5, 5.41) is 32.7. The number of benzene rings is 3. The lowest BCUT2D eigenvalue weighted by Crippen LogP contribution is -2.23. The maximum Gasteiger partial charge on any atom is 0.161 e. The summed E-state index contributed by atoms with van der Waals surface area (Å²) < 4.78 is 5.74. The number of hydrogen-bond donors (Lipinski definition) is 4. The van der Waals surface area contributed by atoms with Crippen molar-refractivity contribution in [2.75, 3.05) is 13.1 Å². The van der Waals surface area contributed by atoms with Gasteiger partial charge in [0, 0.05) is 6.54 Å². The van der Waals surface area contributed by atoms with Crippen LogP contribution in [0.25, 0.3) is 0 Å². The number of nitrogens with one attached hydrogen (secondary N) is 1. The summed E-state index contributed by atoms with van der Waals surface area (Å²) in [6.07, 6.45) is 0.106. The summed E-state index contributed by atoms with van der Waals surface area (Å²) in [5.74, 6) is 0.766. The fourth-order valence-electron chi connectivity index (χ4n) is 2.85. The lowest BCUT2D eigenvalue weighted by molar-refractivity contribution is 0.175. The number of phenols is 2. The van der Waals surface area contributed by atoms with Crippen LogP contribution in [-0.2, 0) is 13.0 Å². The van der Waals surface area contributed by atoms with E-state index in [0.717, 1.165) is 23.1 Å². The molecule has 0 aliphatic heterocycles. The van der Waals surface area contributed by atoms with E-state index >= 15 is 0 Å². The number of phenolic OH excluding ortho intramolecular Hbond substituents is 2. The average Bonchev–Trinajstić information content (AvgIpc) is 2.72. The Bertz CT molecular complexity index is 866. The van der Waals surface area contributed by atoms with E-state index in [-0.39, 0.29) is 11.5 Å². The highest BCUT2D eigenvalue weighted by atomic mass is 16.5. The Morgan fingerprint density at radius 1 is 0.857 bits per heavy atom. The van der Waals surface area contributed by atoms with E-state index in [4.69, 9.17) is 4.74 Å². The molecule has 0 fully saturated rings. The lowest BCUT2D eigenvalue weighted by atomic mass is 10.1. The molecule has 3 aromatic rings. The largest absolute Gasteiger partial charge is 0.508 e. The maximum atomic E-state index is 10.2. The topological polar surface area (TPSA) is 82.0 Å². The third-order valence-electron chi connectivity index (χ3n) is 4.47. The zero-order valence-electron chi connectivity index (χ0n) is 15.6. The molecule has 28 heavy (non-hydrogen) atoms. The van der Waals surface area contributed by atoms with Crippen LogP contribution in [0.3, 0.4) is 0 Å². The first-order valence-electron chi connectivity index (χ1n) is 9.28. The van der Waals surface area contributed by atoms with E-state index in [1.807, 2.05) is 42.5 Å². The number of aromatic hydroxyl groups is 2. The average molecular weight is 379 g/mol. The molecule has 0 bridgehead atoms. The van der Waals surface area contributed by atoms with Gasteiger partial charge in [-0.2, -0.15) is 0 Å². The first-order valence-corrected chi connectivity index (χ1v) is 9.28. The van der Waals surface area contributed by atoms with E-state index in [2.05, 4.69) is 5.32 Å². The molecule has 0 amide bonds. The zero-order valence-corrected chi connectivity index (χ0v) is 15.6. The molecular formula is C23H25NO4. The highest BCUT2D eigenvalue weighted by Gasteiger charge is 2.08.